The van der Waals surface area contributed by atoms with Gasteiger partial charge in [0.05, 0.1) is 11.4 Å². The first-order valence-electron chi connectivity index (χ1n) is 8.60. The van der Waals surface area contributed by atoms with Gasteiger partial charge in [0.15, 0.2) is 0 Å². The number of nitrogens with one attached hydrogen (secondary N) is 1. The maximum atomic E-state index is 12.4. The first kappa shape index (κ1) is 19.0. The van der Waals surface area contributed by atoms with Gasteiger partial charge in [-0.1, -0.05) is 60.4 Å². The minimum absolute atomic E-state index is 0.0363. The standard InChI is InChI=1S/C22H21NO3S/c1-17-12-13-18(2)22(16-17)27(24,25)23-14-5-6-15-26-21-11-7-9-19-8-3-4-10-20(19)21/h3-4,7-13,16,23H,14-15H2,1-2H3. The molecule has 0 saturated heterocycles. The van der Waals surface area contributed by atoms with Crippen LogP contribution >= 0.6 is 0 Å². The molecule has 27 heavy (non-hydrogen) atoms. The second-order valence-corrected chi connectivity index (χ2v) is 7.95. The number of hydrogen-bond donors (Lipinski definition) is 1. The largest absolute Gasteiger partial charge is 0.480 e. The van der Waals surface area contributed by atoms with Crippen molar-refractivity contribution in [2.75, 3.05) is 13.2 Å². The smallest absolute Gasteiger partial charge is 0.241 e. The Morgan fingerprint density at radius 3 is 2.59 bits per heavy atom. The molecule has 5 heteroatoms. The molecule has 0 unspecified atom stereocenters. The van der Waals surface area contributed by atoms with Crippen molar-refractivity contribution < 1.29 is 13.2 Å². The summed E-state index contributed by atoms with van der Waals surface area (Å²) in [5, 5.41) is 2.13. The van der Waals surface area contributed by atoms with Gasteiger partial charge in [0, 0.05) is 5.39 Å². The number of hydrogen-bond acceptors (Lipinski definition) is 3. The van der Waals surface area contributed by atoms with Gasteiger partial charge in [0.25, 0.3) is 0 Å². The minimum Gasteiger partial charge on any atom is -0.480 e. The van der Waals surface area contributed by atoms with Crippen LogP contribution in [0.2, 0.25) is 0 Å². The van der Waals surface area contributed by atoms with Crippen molar-refractivity contribution in [3.8, 4) is 17.6 Å². The van der Waals surface area contributed by atoms with Gasteiger partial charge in [-0.25, -0.2) is 8.42 Å². The van der Waals surface area contributed by atoms with E-state index in [0.717, 1.165) is 22.1 Å². The molecule has 0 aromatic heterocycles. The quantitative estimate of drug-likeness (QED) is 0.686. The average molecular weight is 379 g/mol. The summed E-state index contributed by atoms with van der Waals surface area (Å²) < 4.78 is 33.0. The number of benzene rings is 3. The van der Waals surface area contributed by atoms with Crippen molar-refractivity contribution in [3.63, 3.8) is 0 Å². The molecule has 0 radical (unpaired) electrons. The molecule has 0 bridgehead atoms. The van der Waals surface area contributed by atoms with E-state index in [-0.39, 0.29) is 18.0 Å². The van der Waals surface area contributed by atoms with Crippen LogP contribution in [-0.2, 0) is 10.0 Å². The topological polar surface area (TPSA) is 55.4 Å². The fourth-order valence-corrected chi connectivity index (χ4v) is 4.01. The molecule has 3 rings (SSSR count). The van der Waals surface area contributed by atoms with Gasteiger partial charge in [0.2, 0.25) is 10.0 Å². The molecule has 0 spiro atoms. The Hall–Kier alpha value is -2.81. The molecule has 0 fully saturated rings. The van der Waals surface area contributed by atoms with Gasteiger partial charge in [-0.05, 0) is 42.5 Å². The van der Waals surface area contributed by atoms with Crippen molar-refractivity contribution in [1.29, 1.82) is 0 Å². The molecule has 0 amide bonds. The van der Waals surface area contributed by atoms with Crippen LogP contribution in [0, 0.1) is 25.7 Å². The molecule has 4 nitrogen and oxygen atoms in total. The lowest BCUT2D eigenvalue weighted by molar-refractivity contribution is 0.374. The van der Waals surface area contributed by atoms with Crippen LogP contribution in [0.15, 0.2) is 65.6 Å². The predicted molar refractivity (Wildman–Crippen MR) is 108 cm³/mol. The summed E-state index contributed by atoms with van der Waals surface area (Å²) in [6.07, 6.45) is 0. The van der Waals surface area contributed by atoms with E-state index >= 15 is 0 Å². The molecular formula is C22H21NO3S. The van der Waals surface area contributed by atoms with Crippen LogP contribution in [-0.4, -0.2) is 21.6 Å². The second-order valence-electron chi connectivity index (χ2n) is 6.21. The average Bonchev–Trinajstić information content (AvgIpc) is 2.66. The highest BCUT2D eigenvalue weighted by Gasteiger charge is 2.15. The molecule has 0 aliphatic heterocycles. The summed E-state index contributed by atoms with van der Waals surface area (Å²) in [4.78, 5) is 0.288. The van der Waals surface area contributed by atoms with Crippen molar-refractivity contribution in [2.45, 2.75) is 18.7 Å². The van der Waals surface area contributed by atoms with E-state index in [1.54, 1.807) is 19.1 Å². The van der Waals surface area contributed by atoms with Gasteiger partial charge >= 0.3 is 0 Å². The summed E-state index contributed by atoms with van der Waals surface area (Å²) >= 11 is 0. The Morgan fingerprint density at radius 2 is 1.74 bits per heavy atom. The number of aryl methyl sites for hydroxylation is 2. The van der Waals surface area contributed by atoms with Crippen molar-refractivity contribution in [2.24, 2.45) is 0 Å². The monoisotopic (exact) mass is 379 g/mol. The maximum Gasteiger partial charge on any atom is 0.241 e. The molecule has 3 aromatic rings. The van der Waals surface area contributed by atoms with E-state index in [4.69, 9.17) is 4.74 Å². The highest BCUT2D eigenvalue weighted by atomic mass is 32.2. The summed E-state index contributed by atoms with van der Waals surface area (Å²) in [7, 11) is -3.57. The molecule has 0 aliphatic carbocycles. The van der Waals surface area contributed by atoms with Crippen molar-refractivity contribution in [3.05, 3.63) is 71.8 Å². The summed E-state index contributed by atoms with van der Waals surface area (Å²) in [6.45, 7) is 3.87. The van der Waals surface area contributed by atoms with Crippen LogP contribution < -0.4 is 9.46 Å². The zero-order chi connectivity index (χ0) is 19.3. The number of fused-ring (bicyclic) bond motifs is 1. The van der Waals surface area contributed by atoms with E-state index in [2.05, 4.69) is 16.6 Å². The molecule has 0 aliphatic rings. The van der Waals surface area contributed by atoms with E-state index in [1.807, 2.05) is 55.5 Å². The van der Waals surface area contributed by atoms with Gasteiger partial charge < -0.3 is 4.74 Å². The highest BCUT2D eigenvalue weighted by molar-refractivity contribution is 7.89. The second kappa shape index (κ2) is 8.26. The highest BCUT2D eigenvalue weighted by Crippen LogP contribution is 2.24. The first-order valence-corrected chi connectivity index (χ1v) is 10.1. The molecular weight excluding hydrogens is 358 g/mol. The van der Waals surface area contributed by atoms with E-state index < -0.39 is 10.0 Å². The lowest BCUT2D eigenvalue weighted by atomic mass is 10.1. The zero-order valence-electron chi connectivity index (χ0n) is 15.3. The van der Waals surface area contributed by atoms with E-state index in [9.17, 15) is 8.42 Å². The maximum absolute atomic E-state index is 12.4. The minimum atomic E-state index is -3.57. The number of sulfonamides is 1. The summed E-state index contributed by atoms with van der Waals surface area (Å²) in [6, 6.07) is 19.2. The van der Waals surface area contributed by atoms with Gasteiger partial charge in [0.1, 0.15) is 12.4 Å². The molecule has 1 N–H and O–H groups in total. The molecule has 3 aromatic carbocycles. The van der Waals surface area contributed by atoms with Gasteiger partial charge in [-0.2, -0.15) is 4.72 Å². The zero-order valence-corrected chi connectivity index (χ0v) is 16.1. The molecule has 0 saturated carbocycles. The normalized spacial score (nSPS) is 11.0. The predicted octanol–water partition coefficient (Wildman–Crippen LogP) is 3.82. The molecule has 0 atom stereocenters. The summed E-state index contributed by atoms with van der Waals surface area (Å²) in [5.74, 6) is 6.41. The molecule has 0 heterocycles. The number of ether oxygens (including phenoxy) is 1. The Balaban J connectivity index is 1.59. The third kappa shape index (κ3) is 4.68. The van der Waals surface area contributed by atoms with Crippen LogP contribution in [0.1, 0.15) is 11.1 Å². The lowest BCUT2D eigenvalue weighted by Gasteiger charge is -2.08. The van der Waals surface area contributed by atoms with Crippen LogP contribution in [0.3, 0.4) is 0 Å². The third-order valence-electron chi connectivity index (χ3n) is 4.16. The molecule has 138 valence electrons. The van der Waals surface area contributed by atoms with E-state index in [0.29, 0.717) is 5.56 Å². The Bertz CT molecular complexity index is 1120. The van der Waals surface area contributed by atoms with Crippen LogP contribution in [0.4, 0.5) is 0 Å². The fourth-order valence-electron chi connectivity index (χ4n) is 2.75. The fraction of sp³-hybridized carbons (Fsp3) is 0.182. The van der Waals surface area contributed by atoms with E-state index in [1.165, 1.54) is 0 Å². The summed E-state index contributed by atoms with van der Waals surface area (Å²) in [5.41, 5.74) is 1.61. The Kier molecular flexibility index (Phi) is 5.80. The van der Waals surface area contributed by atoms with Crippen LogP contribution in [0.5, 0.6) is 5.75 Å². The third-order valence-corrected chi connectivity index (χ3v) is 5.70. The Morgan fingerprint density at radius 1 is 0.963 bits per heavy atom. The van der Waals surface area contributed by atoms with Crippen molar-refractivity contribution >= 4 is 20.8 Å². The first-order chi connectivity index (χ1) is 13.0. The SMILES string of the molecule is Cc1ccc(C)c(S(=O)(=O)NCC#CCOc2cccc3ccccc23)c1. The lowest BCUT2D eigenvalue weighted by Crippen LogP contribution is -2.24. The Labute approximate surface area is 160 Å². The van der Waals surface area contributed by atoms with Gasteiger partial charge in [-0.3, -0.25) is 0 Å². The number of rotatable bonds is 5. The van der Waals surface area contributed by atoms with Crippen molar-refractivity contribution in [1.82, 2.24) is 4.72 Å². The van der Waals surface area contributed by atoms with Gasteiger partial charge in [-0.15, -0.1) is 0 Å². The van der Waals surface area contributed by atoms with Crippen LogP contribution in [0.25, 0.3) is 10.8 Å².